The third kappa shape index (κ3) is 1.90. The van der Waals surface area contributed by atoms with Gasteiger partial charge in [0, 0.05) is 6.20 Å². The van der Waals surface area contributed by atoms with Gasteiger partial charge in [0.1, 0.15) is 5.82 Å². The maximum atomic E-state index is 5.61. The van der Waals surface area contributed by atoms with E-state index < -0.39 is 0 Å². The van der Waals surface area contributed by atoms with E-state index in [2.05, 4.69) is 35.7 Å². The Bertz CT molecular complexity index is 662. The standard InChI is InChI=1S/C10H10N8/c11-10-15-8(7-5-14-18-9(7)16-10)12-4-6-2-1-3-13-17-6/h1-3,5H,4H2,(H4,11,12,14,15,16,18). The van der Waals surface area contributed by atoms with Crippen LogP contribution in [0, 0.1) is 0 Å². The number of aromatic amines is 1. The zero-order chi connectivity index (χ0) is 12.4. The molecule has 90 valence electrons. The molecule has 0 atom stereocenters. The normalized spacial score (nSPS) is 10.7. The second kappa shape index (κ2) is 4.24. The number of hydrogen-bond acceptors (Lipinski definition) is 7. The first-order valence-corrected chi connectivity index (χ1v) is 5.30. The molecule has 0 bridgehead atoms. The summed E-state index contributed by atoms with van der Waals surface area (Å²) < 4.78 is 0. The lowest BCUT2D eigenvalue weighted by Crippen LogP contribution is -2.06. The molecular formula is C10H10N8. The zero-order valence-corrected chi connectivity index (χ0v) is 9.33. The average molecular weight is 242 g/mol. The summed E-state index contributed by atoms with van der Waals surface area (Å²) in [7, 11) is 0. The van der Waals surface area contributed by atoms with Gasteiger partial charge in [-0.15, -0.1) is 0 Å². The van der Waals surface area contributed by atoms with Gasteiger partial charge in [-0.3, -0.25) is 5.10 Å². The molecule has 8 nitrogen and oxygen atoms in total. The molecule has 0 radical (unpaired) electrons. The number of rotatable bonds is 3. The van der Waals surface area contributed by atoms with Crippen LogP contribution in [-0.4, -0.2) is 30.4 Å². The largest absolute Gasteiger partial charge is 0.368 e. The van der Waals surface area contributed by atoms with Crippen molar-refractivity contribution in [2.75, 3.05) is 11.1 Å². The monoisotopic (exact) mass is 242 g/mol. The van der Waals surface area contributed by atoms with Crippen molar-refractivity contribution in [3.8, 4) is 0 Å². The third-order valence-corrected chi connectivity index (χ3v) is 2.39. The van der Waals surface area contributed by atoms with Crippen molar-refractivity contribution in [1.82, 2.24) is 30.4 Å². The van der Waals surface area contributed by atoms with Crippen molar-refractivity contribution in [2.45, 2.75) is 6.54 Å². The van der Waals surface area contributed by atoms with E-state index in [-0.39, 0.29) is 5.95 Å². The highest BCUT2D eigenvalue weighted by Gasteiger charge is 2.07. The summed E-state index contributed by atoms with van der Waals surface area (Å²) in [4.78, 5) is 8.17. The Hall–Kier alpha value is -2.77. The molecule has 0 aliphatic carbocycles. The predicted molar refractivity (Wildman–Crippen MR) is 65.5 cm³/mol. The van der Waals surface area contributed by atoms with Gasteiger partial charge in [-0.1, -0.05) is 0 Å². The van der Waals surface area contributed by atoms with Crippen molar-refractivity contribution in [3.05, 3.63) is 30.2 Å². The van der Waals surface area contributed by atoms with Crippen molar-refractivity contribution >= 4 is 22.8 Å². The molecule has 0 amide bonds. The Morgan fingerprint density at radius 2 is 2.28 bits per heavy atom. The van der Waals surface area contributed by atoms with Crippen molar-refractivity contribution in [2.24, 2.45) is 0 Å². The van der Waals surface area contributed by atoms with Gasteiger partial charge in [-0.05, 0) is 12.1 Å². The van der Waals surface area contributed by atoms with Crippen molar-refractivity contribution < 1.29 is 0 Å². The van der Waals surface area contributed by atoms with Crippen LogP contribution in [0.1, 0.15) is 5.69 Å². The lowest BCUT2D eigenvalue weighted by atomic mass is 10.3. The molecule has 3 rings (SSSR count). The molecular weight excluding hydrogens is 232 g/mol. The Balaban J connectivity index is 1.88. The number of hydrogen-bond donors (Lipinski definition) is 3. The summed E-state index contributed by atoms with van der Waals surface area (Å²) in [5.74, 6) is 0.810. The van der Waals surface area contributed by atoms with Crippen LogP contribution in [0.3, 0.4) is 0 Å². The molecule has 0 saturated heterocycles. The first-order valence-electron chi connectivity index (χ1n) is 5.30. The minimum absolute atomic E-state index is 0.188. The maximum Gasteiger partial charge on any atom is 0.224 e. The van der Waals surface area contributed by atoms with Crippen molar-refractivity contribution in [1.29, 1.82) is 0 Å². The zero-order valence-electron chi connectivity index (χ0n) is 9.33. The molecule has 0 aromatic carbocycles. The highest BCUT2D eigenvalue weighted by atomic mass is 15.2. The van der Waals surface area contributed by atoms with Gasteiger partial charge < -0.3 is 11.1 Å². The molecule has 4 N–H and O–H groups in total. The fraction of sp³-hybridized carbons (Fsp3) is 0.100. The van der Waals surface area contributed by atoms with E-state index in [1.807, 2.05) is 12.1 Å². The molecule has 18 heavy (non-hydrogen) atoms. The van der Waals surface area contributed by atoms with Crippen LogP contribution in [0.15, 0.2) is 24.5 Å². The summed E-state index contributed by atoms with van der Waals surface area (Å²) in [6.07, 6.45) is 3.27. The second-order valence-corrected chi connectivity index (χ2v) is 3.63. The Morgan fingerprint density at radius 1 is 1.33 bits per heavy atom. The summed E-state index contributed by atoms with van der Waals surface area (Å²) in [6.45, 7) is 0.505. The minimum Gasteiger partial charge on any atom is -0.368 e. The summed E-state index contributed by atoms with van der Waals surface area (Å²) in [5, 5.41) is 18.4. The van der Waals surface area contributed by atoms with Crippen LogP contribution < -0.4 is 11.1 Å². The highest BCUT2D eigenvalue weighted by molar-refractivity contribution is 5.86. The molecule has 3 aromatic rings. The summed E-state index contributed by atoms with van der Waals surface area (Å²) >= 11 is 0. The number of nitrogen functional groups attached to an aromatic ring is 1. The van der Waals surface area contributed by atoms with Gasteiger partial charge in [-0.25, -0.2) is 0 Å². The van der Waals surface area contributed by atoms with E-state index in [9.17, 15) is 0 Å². The fourth-order valence-corrected chi connectivity index (χ4v) is 1.59. The molecule has 0 saturated carbocycles. The SMILES string of the molecule is Nc1nc(NCc2cccnn2)c2cn[nH]c2n1. The highest BCUT2D eigenvalue weighted by Crippen LogP contribution is 2.18. The molecule has 3 aromatic heterocycles. The Morgan fingerprint density at radius 3 is 3.11 bits per heavy atom. The summed E-state index contributed by atoms with van der Waals surface area (Å²) in [5.41, 5.74) is 7.03. The molecule has 3 heterocycles. The van der Waals surface area contributed by atoms with Crippen molar-refractivity contribution in [3.63, 3.8) is 0 Å². The van der Waals surface area contributed by atoms with Gasteiger partial charge in [0.15, 0.2) is 5.65 Å². The van der Waals surface area contributed by atoms with E-state index in [0.717, 1.165) is 11.1 Å². The first kappa shape index (κ1) is 10.4. The van der Waals surface area contributed by atoms with E-state index in [1.54, 1.807) is 12.4 Å². The molecule has 0 spiro atoms. The molecule has 0 aliphatic heterocycles. The van der Waals surface area contributed by atoms with Gasteiger partial charge in [0.2, 0.25) is 5.95 Å². The third-order valence-electron chi connectivity index (χ3n) is 2.39. The Labute approximate surface area is 102 Å². The average Bonchev–Trinajstić information content (AvgIpc) is 2.85. The molecule has 0 fully saturated rings. The van der Waals surface area contributed by atoms with E-state index in [4.69, 9.17) is 5.73 Å². The maximum absolute atomic E-state index is 5.61. The van der Waals surface area contributed by atoms with Crippen LogP contribution in [0.2, 0.25) is 0 Å². The number of aromatic nitrogens is 6. The number of nitrogens with one attached hydrogen (secondary N) is 2. The van der Waals surface area contributed by atoms with E-state index in [1.165, 1.54) is 0 Å². The minimum atomic E-state index is 0.188. The number of fused-ring (bicyclic) bond motifs is 1. The summed E-state index contributed by atoms with van der Waals surface area (Å²) in [6, 6.07) is 3.70. The number of H-pyrrole nitrogens is 1. The smallest absolute Gasteiger partial charge is 0.224 e. The van der Waals surface area contributed by atoms with Crippen LogP contribution in [0.5, 0.6) is 0 Å². The first-order chi connectivity index (χ1) is 8.83. The van der Waals surface area contributed by atoms with Gasteiger partial charge in [0.05, 0.1) is 23.8 Å². The van der Waals surface area contributed by atoms with Crippen LogP contribution in [-0.2, 0) is 6.54 Å². The topological polar surface area (TPSA) is 118 Å². The number of anilines is 2. The van der Waals surface area contributed by atoms with E-state index in [0.29, 0.717) is 18.0 Å². The lowest BCUT2D eigenvalue weighted by Gasteiger charge is -2.05. The van der Waals surface area contributed by atoms with Crippen LogP contribution in [0.25, 0.3) is 11.0 Å². The van der Waals surface area contributed by atoms with Crippen LogP contribution in [0.4, 0.5) is 11.8 Å². The fourth-order valence-electron chi connectivity index (χ4n) is 1.59. The van der Waals surface area contributed by atoms with Crippen LogP contribution >= 0.6 is 0 Å². The van der Waals surface area contributed by atoms with Gasteiger partial charge >= 0.3 is 0 Å². The second-order valence-electron chi connectivity index (χ2n) is 3.63. The van der Waals surface area contributed by atoms with E-state index >= 15 is 0 Å². The molecule has 0 aliphatic rings. The molecule has 0 unspecified atom stereocenters. The van der Waals surface area contributed by atoms with Gasteiger partial charge in [0.25, 0.3) is 0 Å². The Kier molecular flexibility index (Phi) is 2.45. The van der Waals surface area contributed by atoms with Gasteiger partial charge in [-0.2, -0.15) is 25.3 Å². The predicted octanol–water partition coefficient (Wildman–Crippen LogP) is 0.337. The quantitative estimate of drug-likeness (QED) is 0.605. The number of nitrogens with zero attached hydrogens (tertiary/aromatic N) is 5. The molecule has 8 heteroatoms. The number of nitrogens with two attached hydrogens (primary N) is 1. The lowest BCUT2D eigenvalue weighted by molar-refractivity contribution is 0.921.